The van der Waals surface area contributed by atoms with Crippen molar-refractivity contribution in [3.05, 3.63) is 47.0 Å². The zero-order valence-electron chi connectivity index (χ0n) is 21.5. The fourth-order valence-electron chi connectivity index (χ4n) is 5.38. The number of nitrogens with one attached hydrogen (secondary N) is 2. The van der Waals surface area contributed by atoms with E-state index >= 15 is 0 Å². The topological polar surface area (TPSA) is 114 Å². The molecule has 1 fully saturated rings. The number of nitrogens with zero attached hydrogens (tertiary/aromatic N) is 2. The predicted octanol–water partition coefficient (Wildman–Crippen LogP) is -0.627. The Labute approximate surface area is 229 Å². The molecule has 1 aromatic rings. The summed E-state index contributed by atoms with van der Waals surface area (Å²) in [7, 11) is -1.73. The van der Waals surface area contributed by atoms with Crippen molar-refractivity contribution < 1.29 is 49.0 Å². The van der Waals surface area contributed by atoms with Crippen molar-refractivity contribution in [3.8, 4) is 0 Å². The van der Waals surface area contributed by atoms with Gasteiger partial charge in [0.25, 0.3) is 0 Å². The van der Waals surface area contributed by atoms with Gasteiger partial charge in [-0.05, 0) is 37.8 Å². The summed E-state index contributed by atoms with van der Waals surface area (Å²) in [6, 6.07) is 6.73. The van der Waals surface area contributed by atoms with Crippen molar-refractivity contribution in [2.24, 2.45) is 4.99 Å². The number of aliphatic carboxylic acids is 1. The van der Waals surface area contributed by atoms with E-state index in [1.54, 1.807) is 35.2 Å². The molecule has 1 aliphatic carbocycles. The maximum Gasteiger partial charge on any atom is 1.00 e. The van der Waals surface area contributed by atoms with Crippen LogP contribution in [0.1, 0.15) is 44.7 Å². The summed E-state index contributed by atoms with van der Waals surface area (Å²) >= 11 is 0. The summed E-state index contributed by atoms with van der Waals surface area (Å²) in [5, 5.41) is 17.2. The largest absolute Gasteiger partial charge is 1.00 e. The number of urea groups is 1. The summed E-state index contributed by atoms with van der Waals surface area (Å²) in [5.74, 6) is -0.775. The number of hydrogen-bond acceptors (Lipinski definition) is 5. The van der Waals surface area contributed by atoms with Gasteiger partial charge in [0, 0.05) is 10.6 Å². The molecule has 1 aromatic carbocycles. The molecule has 0 aromatic heterocycles. The summed E-state index contributed by atoms with van der Waals surface area (Å²) in [4.78, 5) is 44.6. The molecule has 4 rings (SSSR count). The average Bonchev–Trinajstić information content (AvgIpc) is 3.22. The third kappa shape index (κ3) is 4.75. The van der Waals surface area contributed by atoms with Crippen LogP contribution >= 0.6 is 0 Å². The molecule has 2 heterocycles. The van der Waals surface area contributed by atoms with Gasteiger partial charge in [-0.25, -0.2) is 4.79 Å². The Balaban J connectivity index is 0.00000342. The number of hydrogen-bond donors (Lipinski definition) is 2. The van der Waals surface area contributed by atoms with E-state index in [-0.39, 0.29) is 47.0 Å². The zero-order valence-corrected chi connectivity index (χ0v) is 24.5. The van der Waals surface area contributed by atoms with Gasteiger partial charge >= 0.3 is 35.6 Å². The van der Waals surface area contributed by atoms with Crippen molar-refractivity contribution in [3.63, 3.8) is 0 Å². The standard InChI is InChI=1S/C25H34N4O4Si.Na/c1-24(2)18-14-26-20(28-22(32)25(12-9-13-25)34(3,4)5)17(18)15-29(24)23(33)27-19(21(30)31)16-10-7-6-8-11-16;/h6-8,10-11,19H,9,12-15H2,1-5H3,(H,27,33)(H,30,31)(H,26,28,32);/q;+1/p-1/t19-;/m0./s1. The summed E-state index contributed by atoms with van der Waals surface area (Å²) in [6.07, 6.45) is 2.90. The second kappa shape index (κ2) is 9.84. The number of carbonyl (C=O) groups is 3. The van der Waals surface area contributed by atoms with Crippen molar-refractivity contribution in [1.82, 2.24) is 15.5 Å². The first-order valence-electron chi connectivity index (χ1n) is 11.8. The fraction of sp³-hybridized carbons (Fsp3) is 0.520. The molecule has 1 atom stereocenters. The smallest absolute Gasteiger partial charge is 0.548 e. The van der Waals surface area contributed by atoms with Crippen LogP contribution in [0.15, 0.2) is 46.5 Å². The Morgan fingerprint density at radius 3 is 2.26 bits per heavy atom. The van der Waals surface area contributed by atoms with Crippen LogP contribution in [0.5, 0.6) is 0 Å². The van der Waals surface area contributed by atoms with Crippen LogP contribution in [-0.4, -0.2) is 55.3 Å². The molecular formula is C25H33N4NaO4Si. The average molecular weight is 505 g/mol. The van der Waals surface area contributed by atoms with E-state index in [4.69, 9.17) is 0 Å². The molecular weight excluding hydrogens is 471 g/mol. The fourth-order valence-corrected chi connectivity index (χ4v) is 7.98. The number of benzene rings is 1. The van der Waals surface area contributed by atoms with Gasteiger partial charge in [-0.2, -0.15) is 0 Å². The van der Waals surface area contributed by atoms with E-state index in [9.17, 15) is 19.5 Å². The predicted molar refractivity (Wildman–Crippen MR) is 131 cm³/mol. The molecule has 3 aliphatic rings. The van der Waals surface area contributed by atoms with Crippen molar-refractivity contribution in [2.75, 3.05) is 13.1 Å². The number of aliphatic imine (C=N–C) groups is 1. The van der Waals surface area contributed by atoms with Gasteiger partial charge in [-0.1, -0.05) is 56.4 Å². The molecule has 8 nitrogen and oxygen atoms in total. The van der Waals surface area contributed by atoms with Crippen LogP contribution in [0.4, 0.5) is 4.79 Å². The second-order valence-electron chi connectivity index (χ2n) is 11.0. The monoisotopic (exact) mass is 504 g/mol. The van der Waals surface area contributed by atoms with E-state index in [2.05, 4.69) is 35.3 Å². The molecule has 0 bridgehead atoms. The van der Waals surface area contributed by atoms with Crippen LogP contribution in [-0.2, 0) is 9.59 Å². The molecule has 0 spiro atoms. The third-order valence-electron chi connectivity index (χ3n) is 7.97. The molecule has 10 heteroatoms. The first-order chi connectivity index (χ1) is 15.9. The van der Waals surface area contributed by atoms with Crippen LogP contribution in [0, 0.1) is 0 Å². The Hall–Kier alpha value is -1.94. The molecule has 0 radical (unpaired) electrons. The van der Waals surface area contributed by atoms with Gasteiger partial charge in [-0.15, -0.1) is 0 Å². The molecule has 35 heavy (non-hydrogen) atoms. The molecule has 2 aliphatic heterocycles. The Morgan fingerprint density at radius 1 is 1.11 bits per heavy atom. The molecule has 3 amide bonds. The van der Waals surface area contributed by atoms with Crippen LogP contribution < -0.4 is 45.3 Å². The molecule has 1 saturated carbocycles. The van der Waals surface area contributed by atoms with Crippen LogP contribution in [0.3, 0.4) is 0 Å². The van der Waals surface area contributed by atoms with Crippen molar-refractivity contribution in [1.29, 1.82) is 0 Å². The summed E-state index contributed by atoms with van der Waals surface area (Å²) < 4.78 is 0. The number of carboxylic acid groups (broad SMARTS) is 1. The van der Waals surface area contributed by atoms with Gasteiger partial charge in [-0.3, -0.25) is 9.79 Å². The molecule has 182 valence electrons. The number of rotatable bonds is 5. The first kappa shape index (κ1) is 27.6. The number of amidine groups is 1. The van der Waals surface area contributed by atoms with Crippen molar-refractivity contribution >= 4 is 31.8 Å². The van der Waals surface area contributed by atoms with Crippen molar-refractivity contribution in [2.45, 2.75) is 69.4 Å². The Kier molecular flexibility index (Phi) is 7.77. The van der Waals surface area contributed by atoms with Gasteiger partial charge in [0.05, 0.1) is 38.7 Å². The zero-order chi connectivity index (χ0) is 24.9. The first-order valence-corrected chi connectivity index (χ1v) is 15.3. The minimum Gasteiger partial charge on any atom is -0.548 e. The summed E-state index contributed by atoms with van der Waals surface area (Å²) in [5.41, 5.74) is 1.59. The molecule has 2 N–H and O–H groups in total. The van der Waals surface area contributed by atoms with Crippen LogP contribution in [0.25, 0.3) is 0 Å². The van der Waals surface area contributed by atoms with E-state index in [1.165, 1.54) is 0 Å². The van der Waals surface area contributed by atoms with E-state index in [1.807, 2.05) is 13.8 Å². The number of carbonyl (C=O) groups excluding carboxylic acids is 3. The molecule has 0 unspecified atom stereocenters. The summed E-state index contributed by atoms with van der Waals surface area (Å²) in [6.45, 7) is 11.2. The maximum absolute atomic E-state index is 13.3. The molecule has 0 saturated heterocycles. The van der Waals surface area contributed by atoms with E-state index in [0.717, 1.165) is 30.4 Å². The SMILES string of the molecule is CC1(C)C2=C(CN1C(=O)N[C@H](C(=O)[O-])c1ccccc1)C(NC(=O)C1([Si](C)(C)C)CCC1)=NC2.[Na+]. The minimum absolute atomic E-state index is 0. The van der Waals surface area contributed by atoms with Gasteiger partial charge < -0.3 is 25.4 Å². The van der Waals surface area contributed by atoms with Crippen LogP contribution in [0.2, 0.25) is 24.7 Å². The second-order valence-corrected chi connectivity index (χ2v) is 16.5. The normalized spacial score (nSPS) is 20.7. The minimum atomic E-state index is -1.73. The van der Waals surface area contributed by atoms with E-state index < -0.39 is 31.7 Å². The maximum atomic E-state index is 13.3. The third-order valence-corrected chi connectivity index (χ3v) is 11.6. The number of amides is 3. The van der Waals surface area contributed by atoms with Gasteiger partial charge in [0.1, 0.15) is 5.84 Å². The van der Waals surface area contributed by atoms with Gasteiger partial charge in [0.15, 0.2) is 0 Å². The van der Waals surface area contributed by atoms with Gasteiger partial charge in [0.2, 0.25) is 5.91 Å². The van der Waals surface area contributed by atoms with E-state index in [0.29, 0.717) is 17.9 Å². The Bertz CT molecular complexity index is 1090. The quantitative estimate of drug-likeness (QED) is 0.520. The Morgan fingerprint density at radius 2 is 1.74 bits per heavy atom. The number of carboxylic acids is 1.